The van der Waals surface area contributed by atoms with Gasteiger partial charge in [-0.3, -0.25) is 0 Å². The van der Waals surface area contributed by atoms with E-state index in [1.807, 2.05) is 24.3 Å². The van der Waals surface area contributed by atoms with Gasteiger partial charge < -0.3 is 20.2 Å². The summed E-state index contributed by atoms with van der Waals surface area (Å²) >= 11 is 0. The summed E-state index contributed by atoms with van der Waals surface area (Å²) in [5, 5.41) is 5.00. The van der Waals surface area contributed by atoms with Gasteiger partial charge in [-0.2, -0.15) is 0 Å². The summed E-state index contributed by atoms with van der Waals surface area (Å²) in [6, 6.07) is 7.02. The van der Waals surface area contributed by atoms with Crippen LogP contribution in [0.25, 0.3) is 0 Å². The second kappa shape index (κ2) is 6.44. The van der Waals surface area contributed by atoms with Crippen molar-refractivity contribution in [3.05, 3.63) is 29.8 Å². The first-order chi connectivity index (χ1) is 7.76. The third-order valence-electron chi connectivity index (χ3n) is 1.93. The van der Waals surface area contributed by atoms with Crippen molar-refractivity contribution in [2.24, 2.45) is 0 Å². The smallest absolute Gasteiger partial charge is 0.315 e. The summed E-state index contributed by atoms with van der Waals surface area (Å²) in [7, 11) is 1.59. The zero-order valence-corrected chi connectivity index (χ0v) is 9.03. The molecule has 5 heteroatoms. The molecule has 1 rings (SSSR count). The van der Waals surface area contributed by atoms with Gasteiger partial charge in [0.15, 0.2) is 0 Å². The molecule has 86 valence electrons. The molecule has 0 bridgehead atoms. The fourth-order valence-corrected chi connectivity index (χ4v) is 1.16. The molecule has 0 aromatic heterocycles. The van der Waals surface area contributed by atoms with Gasteiger partial charge in [0.25, 0.3) is 0 Å². The molecule has 2 N–H and O–H groups in total. The minimum atomic E-state index is -0.366. The molecule has 16 heavy (non-hydrogen) atoms. The average Bonchev–Trinajstić information content (AvgIpc) is 2.34. The fourth-order valence-electron chi connectivity index (χ4n) is 1.16. The lowest BCUT2D eigenvalue weighted by atomic mass is 10.2. The number of amides is 2. The minimum absolute atomic E-state index is 0.0178. The molecule has 0 saturated heterocycles. The van der Waals surface area contributed by atoms with Crippen LogP contribution in [0, 0.1) is 0 Å². The lowest BCUT2D eigenvalue weighted by molar-refractivity contribution is -0.107. The Bertz CT molecular complexity index is 366. The monoisotopic (exact) mass is 222 g/mol. The summed E-state index contributed by atoms with van der Waals surface area (Å²) in [5.74, 6) is 0.743. The SMILES string of the molecule is COc1cccc(CNC(=O)NCC=O)c1. The molecule has 0 unspecified atom stereocenters. The molecule has 0 radical (unpaired) electrons. The fraction of sp³-hybridized carbons (Fsp3) is 0.273. The van der Waals surface area contributed by atoms with E-state index in [9.17, 15) is 9.59 Å². The Balaban J connectivity index is 2.41. The molecule has 0 atom stereocenters. The van der Waals surface area contributed by atoms with E-state index in [4.69, 9.17) is 4.74 Å². The lowest BCUT2D eigenvalue weighted by Crippen LogP contribution is -2.35. The Labute approximate surface area is 93.8 Å². The summed E-state index contributed by atoms with van der Waals surface area (Å²) in [5.41, 5.74) is 0.931. The second-order valence-electron chi connectivity index (χ2n) is 3.08. The van der Waals surface area contributed by atoms with Crippen molar-refractivity contribution in [2.75, 3.05) is 13.7 Å². The molecular weight excluding hydrogens is 208 g/mol. The number of hydrogen-bond donors (Lipinski definition) is 2. The molecule has 0 saturated carbocycles. The summed E-state index contributed by atoms with van der Waals surface area (Å²) < 4.78 is 5.05. The van der Waals surface area contributed by atoms with Gasteiger partial charge in [0.05, 0.1) is 13.7 Å². The number of ether oxygens (including phenoxy) is 1. The molecule has 2 amide bonds. The van der Waals surface area contributed by atoms with Gasteiger partial charge in [0.2, 0.25) is 0 Å². The zero-order chi connectivity index (χ0) is 11.8. The highest BCUT2D eigenvalue weighted by molar-refractivity contribution is 5.76. The molecule has 0 aliphatic heterocycles. The normalized spacial score (nSPS) is 9.31. The maximum absolute atomic E-state index is 11.1. The molecule has 1 aromatic rings. The van der Waals surface area contributed by atoms with Crippen LogP contribution in [-0.4, -0.2) is 26.0 Å². The minimum Gasteiger partial charge on any atom is -0.497 e. The van der Waals surface area contributed by atoms with E-state index in [1.165, 1.54) is 0 Å². The molecule has 1 aromatic carbocycles. The Morgan fingerprint density at radius 1 is 1.44 bits per heavy atom. The van der Waals surface area contributed by atoms with Crippen molar-refractivity contribution in [3.8, 4) is 5.75 Å². The van der Waals surface area contributed by atoms with Crippen LogP contribution in [0.4, 0.5) is 4.79 Å². The van der Waals surface area contributed by atoms with Crippen molar-refractivity contribution in [1.82, 2.24) is 10.6 Å². The van der Waals surface area contributed by atoms with Crippen molar-refractivity contribution in [3.63, 3.8) is 0 Å². The summed E-state index contributed by atoms with van der Waals surface area (Å²) in [6.45, 7) is 0.409. The average molecular weight is 222 g/mol. The molecule has 0 spiro atoms. The van der Waals surface area contributed by atoms with E-state index in [1.54, 1.807) is 7.11 Å². The topological polar surface area (TPSA) is 67.4 Å². The number of carbonyl (C=O) groups is 2. The quantitative estimate of drug-likeness (QED) is 0.720. The highest BCUT2D eigenvalue weighted by atomic mass is 16.5. The van der Waals surface area contributed by atoms with Crippen LogP contribution < -0.4 is 15.4 Å². The van der Waals surface area contributed by atoms with Gasteiger partial charge in [-0.1, -0.05) is 12.1 Å². The van der Waals surface area contributed by atoms with Gasteiger partial charge >= 0.3 is 6.03 Å². The molecule has 0 heterocycles. The number of urea groups is 1. The summed E-state index contributed by atoms with van der Waals surface area (Å²) in [6.07, 6.45) is 0.630. The maximum Gasteiger partial charge on any atom is 0.315 e. The number of methoxy groups -OCH3 is 1. The van der Waals surface area contributed by atoms with Crippen molar-refractivity contribution < 1.29 is 14.3 Å². The third-order valence-corrected chi connectivity index (χ3v) is 1.93. The second-order valence-corrected chi connectivity index (χ2v) is 3.08. The zero-order valence-electron chi connectivity index (χ0n) is 9.03. The van der Waals surface area contributed by atoms with Crippen LogP contribution in [0.3, 0.4) is 0 Å². The van der Waals surface area contributed by atoms with E-state index in [-0.39, 0.29) is 12.6 Å². The van der Waals surface area contributed by atoms with Crippen molar-refractivity contribution in [1.29, 1.82) is 0 Å². The largest absolute Gasteiger partial charge is 0.497 e. The van der Waals surface area contributed by atoms with Crippen LogP contribution in [0.5, 0.6) is 5.75 Å². The Hall–Kier alpha value is -2.04. The molecule has 5 nitrogen and oxygen atoms in total. The van der Waals surface area contributed by atoms with E-state index in [2.05, 4.69) is 10.6 Å². The van der Waals surface area contributed by atoms with Crippen LogP contribution in [0.15, 0.2) is 24.3 Å². The maximum atomic E-state index is 11.1. The Morgan fingerprint density at radius 2 is 2.25 bits per heavy atom. The lowest BCUT2D eigenvalue weighted by Gasteiger charge is -2.06. The van der Waals surface area contributed by atoms with Gasteiger partial charge in [-0.05, 0) is 17.7 Å². The number of aldehydes is 1. The molecule has 0 aliphatic rings. The van der Waals surface area contributed by atoms with Crippen molar-refractivity contribution >= 4 is 12.3 Å². The van der Waals surface area contributed by atoms with E-state index in [0.717, 1.165) is 11.3 Å². The van der Waals surface area contributed by atoms with Crippen LogP contribution in [-0.2, 0) is 11.3 Å². The first kappa shape index (κ1) is 12.0. The van der Waals surface area contributed by atoms with Crippen LogP contribution in [0.2, 0.25) is 0 Å². The molecule has 0 aliphatic carbocycles. The van der Waals surface area contributed by atoms with E-state index < -0.39 is 0 Å². The summed E-state index contributed by atoms with van der Waals surface area (Å²) in [4.78, 5) is 21.1. The first-order valence-electron chi connectivity index (χ1n) is 4.84. The molecule has 0 fully saturated rings. The van der Waals surface area contributed by atoms with Crippen molar-refractivity contribution in [2.45, 2.75) is 6.54 Å². The number of carbonyl (C=O) groups excluding carboxylic acids is 2. The molecular formula is C11H14N2O3. The Morgan fingerprint density at radius 3 is 2.94 bits per heavy atom. The van der Waals surface area contributed by atoms with Gasteiger partial charge in [-0.15, -0.1) is 0 Å². The first-order valence-corrected chi connectivity index (χ1v) is 4.84. The van der Waals surface area contributed by atoms with Crippen LogP contribution >= 0.6 is 0 Å². The third kappa shape index (κ3) is 4.00. The number of nitrogens with one attached hydrogen (secondary N) is 2. The number of benzene rings is 1. The van der Waals surface area contributed by atoms with Gasteiger partial charge in [0.1, 0.15) is 12.0 Å². The predicted molar refractivity (Wildman–Crippen MR) is 59.3 cm³/mol. The van der Waals surface area contributed by atoms with E-state index in [0.29, 0.717) is 12.8 Å². The number of rotatable bonds is 5. The predicted octanol–water partition coefficient (Wildman–Crippen LogP) is 0.693. The standard InChI is InChI=1S/C11H14N2O3/c1-16-10-4-2-3-9(7-10)8-13-11(15)12-5-6-14/h2-4,6-7H,5,8H2,1H3,(H2,12,13,15). The Kier molecular flexibility index (Phi) is 4.85. The number of hydrogen-bond acceptors (Lipinski definition) is 3. The highest BCUT2D eigenvalue weighted by Crippen LogP contribution is 2.11. The van der Waals surface area contributed by atoms with Gasteiger partial charge in [0, 0.05) is 6.54 Å². The van der Waals surface area contributed by atoms with E-state index >= 15 is 0 Å². The highest BCUT2D eigenvalue weighted by Gasteiger charge is 1.99. The van der Waals surface area contributed by atoms with Gasteiger partial charge in [-0.25, -0.2) is 4.79 Å². The van der Waals surface area contributed by atoms with Crippen LogP contribution in [0.1, 0.15) is 5.56 Å².